The van der Waals surface area contributed by atoms with Crippen LogP contribution in [0.5, 0.6) is 5.75 Å². The van der Waals surface area contributed by atoms with Gasteiger partial charge in [-0.15, -0.1) is 10.2 Å². The summed E-state index contributed by atoms with van der Waals surface area (Å²) in [6.45, 7) is 6.59. The SMILES string of the molecule is COc1ccc2c(C)cc3nnc(SCC(=O)NC4CCCC(C)C4C)n3c2c1. The first-order chi connectivity index (χ1) is 14.0. The van der Waals surface area contributed by atoms with Crippen LogP contribution in [0.3, 0.4) is 0 Å². The highest BCUT2D eigenvalue weighted by Crippen LogP contribution is 2.30. The number of amides is 1. The molecule has 0 bridgehead atoms. The summed E-state index contributed by atoms with van der Waals surface area (Å²) in [6.07, 6.45) is 3.51. The third kappa shape index (κ3) is 3.92. The molecule has 1 aromatic carbocycles. The summed E-state index contributed by atoms with van der Waals surface area (Å²) in [7, 11) is 1.66. The van der Waals surface area contributed by atoms with E-state index in [0.717, 1.165) is 39.4 Å². The molecule has 0 spiro atoms. The van der Waals surface area contributed by atoms with Crippen molar-refractivity contribution in [1.82, 2.24) is 19.9 Å². The minimum atomic E-state index is 0.0618. The lowest BCUT2D eigenvalue weighted by atomic mass is 9.78. The summed E-state index contributed by atoms with van der Waals surface area (Å²) in [4.78, 5) is 12.6. The van der Waals surface area contributed by atoms with Gasteiger partial charge in [0.2, 0.25) is 5.91 Å². The van der Waals surface area contributed by atoms with Gasteiger partial charge in [0.05, 0.1) is 18.4 Å². The number of carbonyl (C=O) groups excluding carboxylic acids is 1. The van der Waals surface area contributed by atoms with Crippen molar-refractivity contribution in [3.05, 3.63) is 29.8 Å². The minimum absolute atomic E-state index is 0.0618. The average Bonchev–Trinajstić information content (AvgIpc) is 3.12. The molecule has 2 aromatic heterocycles. The third-order valence-electron chi connectivity index (χ3n) is 6.26. The van der Waals surface area contributed by atoms with Crippen LogP contribution < -0.4 is 10.1 Å². The fourth-order valence-corrected chi connectivity index (χ4v) is 5.05. The molecule has 1 aliphatic carbocycles. The molecule has 1 saturated carbocycles. The Morgan fingerprint density at radius 2 is 2.10 bits per heavy atom. The zero-order valence-corrected chi connectivity index (χ0v) is 18.3. The maximum Gasteiger partial charge on any atom is 0.230 e. The van der Waals surface area contributed by atoms with E-state index >= 15 is 0 Å². The largest absolute Gasteiger partial charge is 0.497 e. The number of hydrogen-bond acceptors (Lipinski definition) is 5. The van der Waals surface area contributed by atoms with Gasteiger partial charge in [-0.1, -0.05) is 38.5 Å². The van der Waals surface area contributed by atoms with E-state index in [2.05, 4.69) is 42.4 Å². The lowest BCUT2D eigenvalue weighted by Crippen LogP contribution is -2.44. The van der Waals surface area contributed by atoms with Gasteiger partial charge in [0.15, 0.2) is 10.8 Å². The number of carbonyl (C=O) groups is 1. The van der Waals surface area contributed by atoms with Crippen LogP contribution in [0.2, 0.25) is 0 Å². The number of aryl methyl sites for hydroxylation is 1. The van der Waals surface area contributed by atoms with E-state index in [9.17, 15) is 4.79 Å². The lowest BCUT2D eigenvalue weighted by molar-refractivity contribution is -0.120. The molecule has 4 rings (SSSR count). The summed E-state index contributed by atoms with van der Waals surface area (Å²) in [5.74, 6) is 2.36. The molecule has 0 saturated heterocycles. The molecular formula is C22H28N4O2S. The van der Waals surface area contributed by atoms with Crippen molar-refractivity contribution >= 4 is 34.2 Å². The molecule has 1 N–H and O–H groups in total. The molecule has 7 heteroatoms. The Morgan fingerprint density at radius 1 is 1.28 bits per heavy atom. The highest BCUT2D eigenvalue weighted by Gasteiger charge is 2.28. The Labute approximate surface area is 175 Å². The zero-order chi connectivity index (χ0) is 20.5. The van der Waals surface area contributed by atoms with Crippen molar-refractivity contribution in [1.29, 1.82) is 0 Å². The van der Waals surface area contributed by atoms with Crippen molar-refractivity contribution in [2.45, 2.75) is 51.2 Å². The van der Waals surface area contributed by atoms with E-state index < -0.39 is 0 Å². The molecule has 3 aromatic rings. The molecule has 3 unspecified atom stereocenters. The first-order valence-electron chi connectivity index (χ1n) is 10.2. The van der Waals surface area contributed by atoms with Crippen molar-refractivity contribution in [2.24, 2.45) is 11.8 Å². The summed E-state index contributed by atoms with van der Waals surface area (Å²) in [6, 6.07) is 8.30. The third-order valence-corrected chi connectivity index (χ3v) is 7.19. The van der Waals surface area contributed by atoms with Gasteiger partial charge in [-0.3, -0.25) is 9.20 Å². The van der Waals surface area contributed by atoms with Crippen LogP contribution in [0.15, 0.2) is 29.4 Å². The fraction of sp³-hybridized carbons (Fsp3) is 0.500. The van der Waals surface area contributed by atoms with Crippen LogP contribution in [0.25, 0.3) is 16.6 Å². The summed E-state index contributed by atoms with van der Waals surface area (Å²) >= 11 is 1.43. The van der Waals surface area contributed by atoms with Gasteiger partial charge in [-0.2, -0.15) is 0 Å². The van der Waals surface area contributed by atoms with E-state index in [-0.39, 0.29) is 11.9 Å². The van der Waals surface area contributed by atoms with Crippen molar-refractivity contribution in [3.63, 3.8) is 0 Å². The molecule has 29 heavy (non-hydrogen) atoms. The molecule has 3 atom stereocenters. The highest BCUT2D eigenvalue weighted by atomic mass is 32.2. The molecule has 2 heterocycles. The van der Waals surface area contributed by atoms with Crippen LogP contribution in [0.1, 0.15) is 38.7 Å². The lowest BCUT2D eigenvalue weighted by Gasteiger charge is -2.34. The van der Waals surface area contributed by atoms with Gasteiger partial charge >= 0.3 is 0 Å². The van der Waals surface area contributed by atoms with Crippen molar-refractivity contribution in [2.75, 3.05) is 12.9 Å². The second-order valence-corrected chi connectivity index (χ2v) is 9.06. The number of nitrogens with one attached hydrogen (secondary N) is 1. The highest BCUT2D eigenvalue weighted by molar-refractivity contribution is 7.99. The number of pyridine rings is 1. The zero-order valence-electron chi connectivity index (χ0n) is 17.4. The Kier molecular flexibility index (Phi) is 5.67. The Balaban J connectivity index is 1.55. The second kappa shape index (κ2) is 8.22. The molecule has 1 amide bonds. The first-order valence-corrected chi connectivity index (χ1v) is 11.2. The standard InChI is InChI=1S/C22H28N4O2S/c1-13-6-5-7-18(15(13)3)23-21(27)12-29-22-25-24-20-10-14(2)17-9-8-16(28-4)11-19(17)26(20)22/h8-11,13,15,18H,5-7,12H2,1-4H3,(H,23,27). The van der Waals surface area contributed by atoms with Crippen molar-refractivity contribution < 1.29 is 9.53 Å². The van der Waals surface area contributed by atoms with Gasteiger partial charge in [0.1, 0.15) is 5.75 Å². The summed E-state index contributed by atoms with van der Waals surface area (Å²) in [5.41, 5.74) is 2.90. The smallest absolute Gasteiger partial charge is 0.230 e. The van der Waals surface area contributed by atoms with Gasteiger partial charge in [-0.05, 0) is 48.9 Å². The molecule has 1 aliphatic rings. The van der Waals surface area contributed by atoms with Gasteiger partial charge in [0.25, 0.3) is 0 Å². The van der Waals surface area contributed by atoms with Crippen LogP contribution in [-0.4, -0.2) is 39.4 Å². The normalized spacial score (nSPS) is 22.1. The quantitative estimate of drug-likeness (QED) is 0.635. The number of aromatic nitrogens is 3. The number of benzene rings is 1. The predicted molar refractivity (Wildman–Crippen MR) is 117 cm³/mol. The molecule has 154 valence electrons. The summed E-state index contributed by atoms with van der Waals surface area (Å²) in [5, 5.41) is 13.7. The van der Waals surface area contributed by atoms with Gasteiger partial charge < -0.3 is 10.1 Å². The fourth-order valence-electron chi connectivity index (χ4n) is 4.29. The number of nitrogens with zero attached hydrogens (tertiary/aromatic N) is 3. The van der Waals surface area contributed by atoms with E-state index in [0.29, 0.717) is 17.6 Å². The van der Waals surface area contributed by atoms with E-state index in [4.69, 9.17) is 4.74 Å². The maximum atomic E-state index is 12.6. The van der Waals surface area contributed by atoms with Gasteiger partial charge in [-0.25, -0.2) is 0 Å². The Morgan fingerprint density at radius 3 is 2.90 bits per heavy atom. The maximum absolute atomic E-state index is 12.6. The average molecular weight is 413 g/mol. The second-order valence-electron chi connectivity index (χ2n) is 8.12. The monoisotopic (exact) mass is 412 g/mol. The number of methoxy groups -OCH3 is 1. The minimum Gasteiger partial charge on any atom is -0.497 e. The van der Waals surface area contributed by atoms with Crippen LogP contribution in [-0.2, 0) is 4.79 Å². The molecule has 0 radical (unpaired) electrons. The Bertz CT molecular complexity index is 1050. The molecular weight excluding hydrogens is 384 g/mol. The van der Waals surface area contributed by atoms with E-state index in [1.807, 2.05) is 22.6 Å². The van der Waals surface area contributed by atoms with E-state index in [1.54, 1.807) is 7.11 Å². The topological polar surface area (TPSA) is 68.5 Å². The van der Waals surface area contributed by atoms with Crippen LogP contribution in [0, 0.1) is 18.8 Å². The molecule has 0 aliphatic heterocycles. The number of hydrogen-bond donors (Lipinski definition) is 1. The summed E-state index contributed by atoms with van der Waals surface area (Å²) < 4.78 is 7.41. The Hall–Kier alpha value is -2.28. The van der Waals surface area contributed by atoms with Gasteiger partial charge in [0, 0.05) is 17.5 Å². The number of thioether (sulfide) groups is 1. The molecule has 6 nitrogen and oxygen atoms in total. The first kappa shape index (κ1) is 20.0. The predicted octanol–water partition coefficient (Wildman–Crippen LogP) is 4.23. The number of fused-ring (bicyclic) bond motifs is 3. The number of ether oxygens (including phenoxy) is 1. The van der Waals surface area contributed by atoms with E-state index in [1.165, 1.54) is 24.6 Å². The number of rotatable bonds is 5. The molecule has 1 fully saturated rings. The van der Waals surface area contributed by atoms with Crippen LogP contribution >= 0.6 is 11.8 Å². The van der Waals surface area contributed by atoms with Crippen molar-refractivity contribution in [3.8, 4) is 5.75 Å². The van der Waals surface area contributed by atoms with Crippen LogP contribution in [0.4, 0.5) is 0 Å².